The highest BCUT2D eigenvalue weighted by Crippen LogP contribution is 1.94. The first kappa shape index (κ1) is 15.4. The third-order valence-corrected chi connectivity index (χ3v) is 2.61. The second kappa shape index (κ2) is 9.33. The SMILES string of the molecule is CO.NCCOB(c1ccccc1)c1ccccc1. The monoisotopic (exact) mass is 257 g/mol. The molecule has 0 spiro atoms. The van der Waals surface area contributed by atoms with Crippen LogP contribution in [0.1, 0.15) is 0 Å². The van der Waals surface area contributed by atoms with Crippen LogP contribution in [0.25, 0.3) is 0 Å². The third kappa shape index (κ3) is 4.87. The zero-order chi connectivity index (χ0) is 13.9. The van der Waals surface area contributed by atoms with Gasteiger partial charge in [0.2, 0.25) is 0 Å². The summed E-state index contributed by atoms with van der Waals surface area (Å²) in [4.78, 5) is 0. The highest BCUT2D eigenvalue weighted by Gasteiger charge is 2.20. The number of aliphatic hydroxyl groups is 1. The maximum Gasteiger partial charge on any atom is 0.361 e. The molecule has 0 aliphatic heterocycles. The summed E-state index contributed by atoms with van der Waals surface area (Å²) in [5.74, 6) is 0. The summed E-state index contributed by atoms with van der Waals surface area (Å²) in [7, 11) is 1.00. The van der Waals surface area contributed by atoms with E-state index in [1.54, 1.807) is 0 Å². The second-order valence-electron chi connectivity index (χ2n) is 3.86. The van der Waals surface area contributed by atoms with Gasteiger partial charge in [0.05, 0.1) is 0 Å². The van der Waals surface area contributed by atoms with Gasteiger partial charge in [0.1, 0.15) is 0 Å². The molecule has 0 bridgehead atoms. The molecule has 0 aromatic heterocycles. The van der Waals surface area contributed by atoms with E-state index in [-0.39, 0.29) is 6.92 Å². The topological polar surface area (TPSA) is 55.5 Å². The van der Waals surface area contributed by atoms with E-state index >= 15 is 0 Å². The molecule has 0 atom stereocenters. The van der Waals surface area contributed by atoms with Crippen molar-refractivity contribution in [3.05, 3.63) is 60.7 Å². The maximum atomic E-state index is 7.00. The molecule has 0 radical (unpaired) electrons. The molecule has 0 heterocycles. The summed E-state index contributed by atoms with van der Waals surface area (Å²) in [5.41, 5.74) is 7.83. The zero-order valence-corrected chi connectivity index (χ0v) is 11.2. The minimum absolute atomic E-state index is 0.0269. The van der Waals surface area contributed by atoms with Crippen LogP contribution in [0.2, 0.25) is 0 Å². The summed E-state index contributed by atoms with van der Waals surface area (Å²) in [5, 5.41) is 7.00. The van der Waals surface area contributed by atoms with Crippen LogP contribution in [-0.2, 0) is 4.65 Å². The van der Waals surface area contributed by atoms with Gasteiger partial charge in [0.25, 0.3) is 0 Å². The fourth-order valence-electron chi connectivity index (χ4n) is 1.83. The molecule has 19 heavy (non-hydrogen) atoms. The molecule has 2 rings (SSSR count). The van der Waals surface area contributed by atoms with Gasteiger partial charge < -0.3 is 15.5 Å². The van der Waals surface area contributed by atoms with Crippen LogP contribution >= 0.6 is 0 Å². The van der Waals surface area contributed by atoms with E-state index in [0.717, 1.165) is 18.0 Å². The molecular formula is C15H20BNO2. The highest BCUT2D eigenvalue weighted by atomic mass is 16.4. The predicted octanol–water partition coefficient (Wildman–Crippen LogP) is 0.376. The second-order valence-corrected chi connectivity index (χ2v) is 3.86. The van der Waals surface area contributed by atoms with Crippen molar-refractivity contribution < 1.29 is 9.76 Å². The Morgan fingerprint density at radius 3 is 1.68 bits per heavy atom. The van der Waals surface area contributed by atoms with Crippen LogP contribution in [0.15, 0.2) is 60.7 Å². The summed E-state index contributed by atoms with van der Waals surface area (Å²) in [6, 6.07) is 20.4. The van der Waals surface area contributed by atoms with Crippen molar-refractivity contribution in [3.8, 4) is 0 Å². The smallest absolute Gasteiger partial charge is 0.361 e. The Bertz CT molecular complexity index is 397. The number of hydrogen-bond donors (Lipinski definition) is 2. The van der Waals surface area contributed by atoms with Gasteiger partial charge in [-0.2, -0.15) is 0 Å². The molecule has 2 aromatic rings. The Hall–Kier alpha value is -1.62. The first-order valence-electron chi connectivity index (χ1n) is 6.28. The Morgan fingerprint density at radius 1 is 0.895 bits per heavy atom. The van der Waals surface area contributed by atoms with Crippen molar-refractivity contribution in [2.45, 2.75) is 0 Å². The summed E-state index contributed by atoms with van der Waals surface area (Å²) in [6.45, 7) is 1.07. The summed E-state index contributed by atoms with van der Waals surface area (Å²) < 4.78 is 5.84. The lowest BCUT2D eigenvalue weighted by molar-refractivity contribution is 0.344. The van der Waals surface area contributed by atoms with Crippen molar-refractivity contribution in [1.82, 2.24) is 0 Å². The first-order chi connectivity index (χ1) is 9.42. The molecule has 100 valence electrons. The van der Waals surface area contributed by atoms with E-state index in [2.05, 4.69) is 24.3 Å². The van der Waals surface area contributed by atoms with Crippen molar-refractivity contribution in [1.29, 1.82) is 0 Å². The number of nitrogens with two attached hydrogens (primary N) is 1. The standard InChI is InChI=1S/C14H16BNO.CH4O/c16-11-12-17-15(13-7-3-1-4-8-13)14-9-5-2-6-10-14;1-2/h1-10H,11-12,16H2;2H,1H3. The molecule has 3 N–H and O–H groups in total. The lowest BCUT2D eigenvalue weighted by Gasteiger charge is -2.14. The van der Waals surface area contributed by atoms with Crippen LogP contribution < -0.4 is 16.7 Å². The molecule has 0 saturated heterocycles. The third-order valence-electron chi connectivity index (χ3n) is 2.61. The number of benzene rings is 2. The van der Waals surface area contributed by atoms with Crippen molar-refractivity contribution in [2.75, 3.05) is 20.3 Å². The number of rotatable bonds is 5. The molecule has 2 aromatic carbocycles. The lowest BCUT2D eigenvalue weighted by atomic mass is 9.55. The fourth-order valence-corrected chi connectivity index (χ4v) is 1.83. The van der Waals surface area contributed by atoms with E-state index in [9.17, 15) is 0 Å². The van der Waals surface area contributed by atoms with Gasteiger partial charge in [-0.3, -0.25) is 0 Å². The molecule has 0 amide bonds. The molecule has 0 unspecified atom stereocenters. The average molecular weight is 257 g/mol. The Morgan fingerprint density at radius 2 is 1.32 bits per heavy atom. The lowest BCUT2D eigenvalue weighted by Crippen LogP contribution is -2.45. The Kier molecular flexibility index (Phi) is 7.59. The predicted molar refractivity (Wildman–Crippen MR) is 81.1 cm³/mol. The van der Waals surface area contributed by atoms with Crippen LogP contribution in [0.4, 0.5) is 0 Å². The van der Waals surface area contributed by atoms with E-state index in [1.807, 2.05) is 36.4 Å². The van der Waals surface area contributed by atoms with Crippen molar-refractivity contribution in [3.63, 3.8) is 0 Å². The first-order valence-corrected chi connectivity index (χ1v) is 6.28. The summed E-state index contributed by atoms with van der Waals surface area (Å²) >= 11 is 0. The minimum Gasteiger partial charge on any atom is -0.426 e. The van der Waals surface area contributed by atoms with Gasteiger partial charge in [-0.15, -0.1) is 0 Å². The van der Waals surface area contributed by atoms with Gasteiger partial charge in [-0.1, -0.05) is 60.7 Å². The van der Waals surface area contributed by atoms with Crippen LogP contribution in [0, 0.1) is 0 Å². The van der Waals surface area contributed by atoms with Gasteiger partial charge in [0.15, 0.2) is 0 Å². The van der Waals surface area contributed by atoms with Crippen LogP contribution in [0.3, 0.4) is 0 Å². The fraction of sp³-hybridized carbons (Fsp3) is 0.200. The van der Waals surface area contributed by atoms with Gasteiger partial charge >= 0.3 is 6.92 Å². The van der Waals surface area contributed by atoms with Gasteiger partial charge in [-0.25, -0.2) is 0 Å². The average Bonchev–Trinajstić information content (AvgIpc) is 2.52. The quantitative estimate of drug-likeness (QED) is 0.761. The van der Waals surface area contributed by atoms with E-state index < -0.39 is 0 Å². The molecule has 3 nitrogen and oxygen atoms in total. The molecular weight excluding hydrogens is 237 g/mol. The number of aliphatic hydroxyl groups excluding tert-OH is 1. The van der Waals surface area contributed by atoms with Crippen molar-refractivity contribution >= 4 is 17.8 Å². The van der Waals surface area contributed by atoms with E-state index in [1.165, 1.54) is 0 Å². The molecule has 4 heteroatoms. The Balaban J connectivity index is 0.000000861. The zero-order valence-electron chi connectivity index (χ0n) is 11.2. The molecule has 0 saturated carbocycles. The maximum absolute atomic E-state index is 7.00. The van der Waals surface area contributed by atoms with Gasteiger partial charge in [-0.05, 0) is 10.9 Å². The van der Waals surface area contributed by atoms with E-state index in [0.29, 0.717) is 13.2 Å². The number of hydrogen-bond acceptors (Lipinski definition) is 3. The molecule has 0 aliphatic rings. The largest absolute Gasteiger partial charge is 0.426 e. The highest BCUT2D eigenvalue weighted by molar-refractivity contribution is 6.80. The van der Waals surface area contributed by atoms with Crippen LogP contribution in [-0.4, -0.2) is 32.3 Å². The Labute approximate surface area is 115 Å². The molecule has 0 aliphatic carbocycles. The summed E-state index contributed by atoms with van der Waals surface area (Å²) in [6.07, 6.45) is 0. The molecule has 0 fully saturated rings. The van der Waals surface area contributed by atoms with Crippen LogP contribution in [0.5, 0.6) is 0 Å². The van der Waals surface area contributed by atoms with E-state index in [4.69, 9.17) is 15.5 Å². The van der Waals surface area contributed by atoms with Crippen molar-refractivity contribution in [2.24, 2.45) is 5.73 Å². The minimum atomic E-state index is -0.0269. The van der Waals surface area contributed by atoms with Gasteiger partial charge in [0, 0.05) is 20.3 Å². The normalized spacial score (nSPS) is 9.42.